The van der Waals surface area contributed by atoms with Crippen molar-refractivity contribution < 1.29 is 29.0 Å². The fourth-order valence-corrected chi connectivity index (χ4v) is 7.89. The molecule has 0 aliphatic carbocycles. The van der Waals surface area contributed by atoms with Crippen molar-refractivity contribution in [1.82, 2.24) is 4.90 Å². The fourth-order valence-electron chi connectivity index (χ4n) is 7.89. The van der Waals surface area contributed by atoms with Gasteiger partial charge in [0.05, 0.1) is 36.7 Å². The second-order valence-electron chi connectivity index (χ2n) is 12.6. The van der Waals surface area contributed by atoms with E-state index in [0.717, 1.165) is 16.8 Å². The number of carbonyl (C=O) groups excluding carboxylic acids is 3. The van der Waals surface area contributed by atoms with E-state index < -0.39 is 35.1 Å². The number of benzene rings is 2. The molecule has 1 spiro atoms. The third-order valence-electron chi connectivity index (χ3n) is 9.78. The molecule has 3 aliphatic heterocycles. The second-order valence-corrected chi connectivity index (χ2v) is 12.6. The van der Waals surface area contributed by atoms with Gasteiger partial charge < -0.3 is 29.3 Å². The molecule has 5 rings (SSSR count). The molecule has 0 saturated carbocycles. The van der Waals surface area contributed by atoms with Crippen LogP contribution in [0.3, 0.4) is 0 Å². The molecule has 3 aliphatic rings. The number of likely N-dealkylation sites (tertiary alicyclic amines) is 1. The number of nitrogens with zero attached hydrogens (tertiary/aromatic N) is 3. The summed E-state index contributed by atoms with van der Waals surface area (Å²) in [4.78, 5) is 48.8. The van der Waals surface area contributed by atoms with E-state index in [9.17, 15) is 19.5 Å². The van der Waals surface area contributed by atoms with Gasteiger partial charge in [-0.15, -0.1) is 13.2 Å². The molecule has 1 N–H and O–H groups in total. The minimum absolute atomic E-state index is 0.224. The Morgan fingerprint density at radius 2 is 1.69 bits per heavy atom. The lowest BCUT2D eigenvalue weighted by molar-refractivity contribution is -0.147. The van der Waals surface area contributed by atoms with Crippen LogP contribution in [0.4, 0.5) is 11.4 Å². The molecule has 3 fully saturated rings. The molecule has 3 saturated heterocycles. The van der Waals surface area contributed by atoms with E-state index in [4.69, 9.17) is 9.47 Å². The Kier molecular flexibility index (Phi) is 8.97. The predicted molar refractivity (Wildman–Crippen MR) is 174 cm³/mol. The van der Waals surface area contributed by atoms with Gasteiger partial charge in [-0.1, -0.05) is 30.4 Å². The van der Waals surface area contributed by atoms with Crippen LogP contribution in [0.2, 0.25) is 0 Å². The third-order valence-corrected chi connectivity index (χ3v) is 9.78. The SMILES string of the molecule is C=CCN(C(=O)[C@@H]1[C@H]2C(=O)N([C@H](C)CO)C(C(=O)N(CC=C)c3c(C)cccc3C)C23CC[C@@]1(C)O3)c1ccc(OCC)cc1. The highest BCUT2D eigenvalue weighted by atomic mass is 16.5. The number of ether oxygens (including phenoxy) is 2. The Hall–Kier alpha value is -3.95. The number of aliphatic hydroxyl groups is 1. The summed E-state index contributed by atoms with van der Waals surface area (Å²) < 4.78 is 12.5. The molecule has 0 aromatic heterocycles. The normalized spacial score (nSPS) is 27.2. The first-order valence-electron chi connectivity index (χ1n) is 15.8. The molecule has 2 aromatic rings. The van der Waals surface area contributed by atoms with Crippen molar-refractivity contribution in [1.29, 1.82) is 0 Å². The van der Waals surface area contributed by atoms with Crippen LogP contribution in [0.1, 0.15) is 44.7 Å². The summed E-state index contributed by atoms with van der Waals surface area (Å²) in [5.41, 5.74) is 1.04. The number of hydrogen-bond donors (Lipinski definition) is 1. The Bertz CT molecular complexity index is 1470. The monoisotopic (exact) mass is 615 g/mol. The van der Waals surface area contributed by atoms with Gasteiger partial charge in [0, 0.05) is 24.5 Å². The van der Waals surface area contributed by atoms with Crippen molar-refractivity contribution in [2.24, 2.45) is 11.8 Å². The van der Waals surface area contributed by atoms with Crippen LogP contribution in [0.15, 0.2) is 67.8 Å². The van der Waals surface area contributed by atoms with Crippen LogP contribution in [0, 0.1) is 25.7 Å². The summed E-state index contributed by atoms with van der Waals surface area (Å²) in [6.45, 7) is 17.8. The summed E-state index contributed by atoms with van der Waals surface area (Å²) in [6.07, 6.45) is 4.27. The van der Waals surface area contributed by atoms with Crippen LogP contribution < -0.4 is 14.5 Å². The molecular formula is C36H45N3O6. The average molecular weight is 616 g/mol. The van der Waals surface area contributed by atoms with Gasteiger partial charge in [0.1, 0.15) is 17.4 Å². The molecule has 9 nitrogen and oxygen atoms in total. The number of carbonyl (C=O) groups is 3. The Labute approximate surface area is 266 Å². The van der Waals surface area contributed by atoms with Crippen molar-refractivity contribution >= 4 is 29.1 Å². The Morgan fingerprint density at radius 3 is 2.27 bits per heavy atom. The fraction of sp³-hybridized carbons (Fsp3) is 0.472. The molecule has 2 aromatic carbocycles. The number of fused-ring (bicyclic) bond motifs is 1. The molecule has 6 atom stereocenters. The minimum Gasteiger partial charge on any atom is -0.494 e. The summed E-state index contributed by atoms with van der Waals surface area (Å²) in [5.74, 6) is -1.97. The van der Waals surface area contributed by atoms with Crippen molar-refractivity contribution in [2.75, 3.05) is 36.1 Å². The molecule has 2 bridgehead atoms. The highest BCUT2D eigenvalue weighted by molar-refractivity contribution is 6.07. The predicted octanol–water partition coefficient (Wildman–Crippen LogP) is 4.59. The van der Waals surface area contributed by atoms with E-state index in [1.807, 2.05) is 70.2 Å². The number of aryl methyl sites for hydroxylation is 2. The van der Waals surface area contributed by atoms with Gasteiger partial charge in [0.2, 0.25) is 11.8 Å². The maximum atomic E-state index is 14.9. The summed E-state index contributed by atoms with van der Waals surface area (Å²) in [7, 11) is 0. The van der Waals surface area contributed by atoms with Gasteiger partial charge in [-0.3, -0.25) is 14.4 Å². The highest BCUT2D eigenvalue weighted by Gasteiger charge is 2.78. The standard InChI is InChI=1S/C36H45N3O6/c1-8-20-37(26-14-16-27(17-15-26)44-10-3)32(41)28-29-33(42)39(25(6)22-40)31(36(29)19-18-35(28,7)45-36)34(43)38(21-9-2)30-23(4)12-11-13-24(30)5/h8-9,11-17,25,28-29,31,40H,1-2,10,18-22H2,3-7H3/t25-,28+,29+,31?,35-,36?/m1/s1. The number of aliphatic hydroxyl groups excluding tert-OH is 1. The van der Waals surface area contributed by atoms with Crippen LogP contribution >= 0.6 is 0 Å². The first kappa shape index (κ1) is 32.4. The molecule has 3 heterocycles. The molecule has 240 valence electrons. The van der Waals surface area contributed by atoms with Crippen molar-refractivity contribution in [3.05, 3.63) is 78.9 Å². The zero-order valence-electron chi connectivity index (χ0n) is 27.0. The van der Waals surface area contributed by atoms with Crippen LogP contribution in [0.25, 0.3) is 0 Å². The zero-order valence-corrected chi connectivity index (χ0v) is 27.0. The Balaban J connectivity index is 1.60. The first-order valence-corrected chi connectivity index (χ1v) is 15.8. The molecule has 9 heteroatoms. The maximum absolute atomic E-state index is 14.9. The largest absolute Gasteiger partial charge is 0.494 e. The van der Waals surface area contributed by atoms with Gasteiger partial charge in [-0.2, -0.15) is 0 Å². The van der Waals surface area contributed by atoms with Gasteiger partial charge in [-0.05, 0) is 82.9 Å². The van der Waals surface area contributed by atoms with Gasteiger partial charge in [-0.25, -0.2) is 0 Å². The lowest BCUT2D eigenvalue weighted by Gasteiger charge is -2.39. The van der Waals surface area contributed by atoms with Gasteiger partial charge in [0.15, 0.2) is 0 Å². The number of anilines is 2. The molecular weight excluding hydrogens is 570 g/mol. The zero-order chi connectivity index (χ0) is 32.7. The van der Waals surface area contributed by atoms with Crippen molar-refractivity contribution in [2.45, 2.75) is 70.7 Å². The minimum atomic E-state index is -1.23. The lowest BCUT2D eigenvalue weighted by atomic mass is 9.66. The summed E-state index contributed by atoms with van der Waals surface area (Å²) in [5, 5.41) is 10.3. The maximum Gasteiger partial charge on any atom is 0.253 e. The number of para-hydroxylation sites is 1. The summed E-state index contributed by atoms with van der Waals surface area (Å²) >= 11 is 0. The van der Waals surface area contributed by atoms with Crippen molar-refractivity contribution in [3.8, 4) is 5.75 Å². The van der Waals surface area contributed by atoms with E-state index in [1.165, 1.54) is 4.90 Å². The van der Waals surface area contributed by atoms with E-state index in [0.29, 0.717) is 30.9 Å². The lowest BCUT2D eigenvalue weighted by Crippen LogP contribution is -2.58. The number of hydrogen-bond acceptors (Lipinski definition) is 6. The van der Waals surface area contributed by atoms with E-state index in [-0.39, 0.29) is 37.4 Å². The molecule has 0 radical (unpaired) electrons. The van der Waals surface area contributed by atoms with Crippen LogP contribution in [0.5, 0.6) is 5.75 Å². The third kappa shape index (κ3) is 5.16. The van der Waals surface area contributed by atoms with Crippen molar-refractivity contribution in [3.63, 3.8) is 0 Å². The Morgan fingerprint density at radius 1 is 1.07 bits per heavy atom. The topological polar surface area (TPSA) is 99.6 Å². The van der Waals surface area contributed by atoms with E-state index in [1.54, 1.807) is 28.9 Å². The van der Waals surface area contributed by atoms with Crippen LogP contribution in [-0.4, -0.2) is 77.3 Å². The summed E-state index contributed by atoms with van der Waals surface area (Å²) in [6, 6.07) is 11.4. The first-order chi connectivity index (χ1) is 21.5. The van der Waals surface area contributed by atoms with Gasteiger partial charge in [0.25, 0.3) is 5.91 Å². The van der Waals surface area contributed by atoms with E-state index in [2.05, 4.69) is 13.2 Å². The molecule has 45 heavy (non-hydrogen) atoms. The number of amides is 3. The second kappa shape index (κ2) is 12.4. The van der Waals surface area contributed by atoms with Gasteiger partial charge >= 0.3 is 0 Å². The quantitative estimate of drug-likeness (QED) is 0.351. The van der Waals surface area contributed by atoms with Crippen LogP contribution in [-0.2, 0) is 19.1 Å². The van der Waals surface area contributed by atoms with E-state index >= 15 is 0 Å². The smallest absolute Gasteiger partial charge is 0.253 e. The molecule has 3 amide bonds. The number of rotatable bonds is 12. The highest BCUT2D eigenvalue weighted by Crippen LogP contribution is 2.64. The average Bonchev–Trinajstić information content (AvgIpc) is 3.59. The molecule has 2 unspecified atom stereocenters.